The molecule has 0 spiro atoms. The quantitative estimate of drug-likeness (QED) is 0.840. The van der Waals surface area contributed by atoms with Gasteiger partial charge in [-0.1, -0.05) is 31.1 Å². The summed E-state index contributed by atoms with van der Waals surface area (Å²) in [7, 11) is 0. The van der Waals surface area contributed by atoms with Crippen LogP contribution in [0.2, 0.25) is 0 Å². The molecule has 1 aromatic carbocycles. The molecular weight excluding hydrogens is 269 g/mol. The van der Waals surface area contributed by atoms with Gasteiger partial charge >= 0.3 is 0 Å². The lowest BCUT2D eigenvalue weighted by Gasteiger charge is -2.21. The minimum Gasteiger partial charge on any atom is -0.384 e. The molecule has 0 saturated heterocycles. The van der Waals surface area contributed by atoms with Crippen LogP contribution in [0.4, 0.5) is 4.39 Å². The molecule has 0 aromatic heterocycles. The van der Waals surface area contributed by atoms with E-state index in [0.717, 1.165) is 12.8 Å². The van der Waals surface area contributed by atoms with Gasteiger partial charge in [-0.2, -0.15) is 0 Å². The largest absolute Gasteiger partial charge is 0.384 e. The Hall–Kier alpha value is -1.86. The third-order valence-electron chi connectivity index (χ3n) is 3.80. The highest BCUT2D eigenvalue weighted by molar-refractivity contribution is 5.96. The Kier molecular flexibility index (Phi) is 5.77. The van der Waals surface area contributed by atoms with Gasteiger partial charge in [-0.3, -0.25) is 4.79 Å². The van der Waals surface area contributed by atoms with E-state index < -0.39 is 5.82 Å². The van der Waals surface area contributed by atoms with Crippen molar-refractivity contribution in [3.8, 4) is 11.8 Å². The maximum Gasteiger partial charge on any atom is 0.252 e. The van der Waals surface area contributed by atoms with Crippen LogP contribution in [0.25, 0.3) is 0 Å². The molecule has 2 rings (SSSR count). The molecule has 112 valence electrons. The van der Waals surface area contributed by atoms with Crippen LogP contribution in [0.15, 0.2) is 18.2 Å². The summed E-state index contributed by atoms with van der Waals surface area (Å²) in [5.74, 6) is 4.92. The molecule has 3 nitrogen and oxygen atoms in total. The van der Waals surface area contributed by atoms with Crippen molar-refractivity contribution in [3.63, 3.8) is 0 Å². The second-order valence-corrected chi connectivity index (χ2v) is 5.36. The number of carbonyl (C=O) groups excluding carboxylic acids is 1. The van der Waals surface area contributed by atoms with Crippen molar-refractivity contribution in [2.75, 3.05) is 13.2 Å². The summed E-state index contributed by atoms with van der Waals surface area (Å²) < 4.78 is 13.3. The topological polar surface area (TPSA) is 49.3 Å². The molecule has 2 N–H and O–H groups in total. The summed E-state index contributed by atoms with van der Waals surface area (Å²) in [4.78, 5) is 12.2. The molecule has 0 aliphatic heterocycles. The monoisotopic (exact) mass is 289 g/mol. The zero-order valence-electron chi connectivity index (χ0n) is 12.0. The first-order chi connectivity index (χ1) is 10.2. The molecular formula is C17H20FNO2. The van der Waals surface area contributed by atoms with Gasteiger partial charge in [-0.25, -0.2) is 4.39 Å². The summed E-state index contributed by atoms with van der Waals surface area (Å²) in [5.41, 5.74) is 0.665. The molecule has 0 unspecified atom stereocenters. The summed E-state index contributed by atoms with van der Waals surface area (Å²) in [6.07, 6.45) is 5.98. The van der Waals surface area contributed by atoms with Crippen molar-refractivity contribution in [1.29, 1.82) is 0 Å². The zero-order valence-corrected chi connectivity index (χ0v) is 12.0. The predicted octanol–water partition coefficient (Wildman–Crippen LogP) is 2.48. The molecule has 0 heterocycles. The Morgan fingerprint density at radius 3 is 2.81 bits per heavy atom. The average Bonchev–Trinajstić information content (AvgIpc) is 2.52. The van der Waals surface area contributed by atoms with Crippen LogP contribution in [0.3, 0.4) is 0 Å². The van der Waals surface area contributed by atoms with Crippen LogP contribution in [0.5, 0.6) is 0 Å². The predicted molar refractivity (Wildman–Crippen MR) is 79.3 cm³/mol. The minimum atomic E-state index is -0.465. The summed E-state index contributed by atoms with van der Waals surface area (Å²) in [5, 5.41) is 11.6. The fourth-order valence-corrected chi connectivity index (χ4v) is 2.67. The van der Waals surface area contributed by atoms with E-state index in [-0.39, 0.29) is 18.1 Å². The van der Waals surface area contributed by atoms with Gasteiger partial charge in [-0.05, 0) is 37.0 Å². The van der Waals surface area contributed by atoms with E-state index in [1.807, 2.05) is 0 Å². The second-order valence-electron chi connectivity index (χ2n) is 5.36. The second kappa shape index (κ2) is 7.80. The van der Waals surface area contributed by atoms with Crippen molar-refractivity contribution in [2.24, 2.45) is 5.92 Å². The average molecular weight is 289 g/mol. The standard InChI is InChI=1S/C17H20FNO2/c18-15-9-8-14(7-4-10-20)16(11-15)17(21)19-12-13-5-2-1-3-6-13/h8-9,11,13,20H,1-3,5-6,10,12H2,(H,19,21). The maximum atomic E-state index is 13.3. The summed E-state index contributed by atoms with van der Waals surface area (Å²) in [6.45, 7) is 0.336. The van der Waals surface area contributed by atoms with E-state index >= 15 is 0 Å². The van der Waals surface area contributed by atoms with E-state index in [1.165, 1.54) is 37.5 Å². The van der Waals surface area contributed by atoms with E-state index in [1.54, 1.807) is 0 Å². The number of amides is 1. The molecule has 0 atom stereocenters. The normalized spacial score (nSPS) is 15.1. The van der Waals surface area contributed by atoms with Gasteiger partial charge in [0.25, 0.3) is 5.91 Å². The van der Waals surface area contributed by atoms with Gasteiger partial charge in [-0.15, -0.1) is 0 Å². The van der Waals surface area contributed by atoms with Crippen LogP contribution in [-0.4, -0.2) is 24.2 Å². The lowest BCUT2D eigenvalue weighted by atomic mass is 9.89. The maximum absolute atomic E-state index is 13.3. The van der Waals surface area contributed by atoms with Gasteiger partial charge in [0.05, 0.1) is 5.56 Å². The number of benzene rings is 1. The Morgan fingerprint density at radius 1 is 1.33 bits per heavy atom. The SMILES string of the molecule is O=C(NCC1CCCCC1)c1cc(F)ccc1C#CCO. The van der Waals surface area contributed by atoms with E-state index in [4.69, 9.17) is 5.11 Å². The number of aliphatic hydroxyl groups excluding tert-OH is 1. The number of hydrogen-bond donors (Lipinski definition) is 2. The summed E-state index contributed by atoms with van der Waals surface area (Å²) in [6, 6.07) is 3.92. The van der Waals surface area contributed by atoms with Crippen molar-refractivity contribution in [1.82, 2.24) is 5.32 Å². The van der Waals surface area contributed by atoms with Gasteiger partial charge in [0.15, 0.2) is 0 Å². The van der Waals surface area contributed by atoms with Gasteiger partial charge in [0, 0.05) is 12.1 Å². The number of aliphatic hydroxyl groups is 1. The van der Waals surface area contributed by atoms with Crippen LogP contribution in [0, 0.1) is 23.6 Å². The van der Waals surface area contributed by atoms with Crippen LogP contribution in [-0.2, 0) is 0 Å². The highest BCUT2D eigenvalue weighted by Crippen LogP contribution is 2.23. The molecule has 1 aromatic rings. The highest BCUT2D eigenvalue weighted by atomic mass is 19.1. The first kappa shape index (κ1) is 15.5. The smallest absolute Gasteiger partial charge is 0.252 e. The van der Waals surface area contributed by atoms with Gasteiger partial charge < -0.3 is 10.4 Å². The fourth-order valence-electron chi connectivity index (χ4n) is 2.67. The Balaban J connectivity index is 2.04. The van der Waals surface area contributed by atoms with E-state index in [9.17, 15) is 9.18 Å². The van der Waals surface area contributed by atoms with E-state index in [2.05, 4.69) is 17.2 Å². The van der Waals surface area contributed by atoms with Crippen molar-refractivity contribution < 1.29 is 14.3 Å². The number of rotatable bonds is 3. The first-order valence-electron chi connectivity index (χ1n) is 7.38. The van der Waals surface area contributed by atoms with Crippen molar-refractivity contribution in [2.45, 2.75) is 32.1 Å². The highest BCUT2D eigenvalue weighted by Gasteiger charge is 2.16. The molecule has 1 aliphatic rings. The van der Waals surface area contributed by atoms with Crippen LogP contribution < -0.4 is 5.32 Å². The summed E-state index contributed by atoms with van der Waals surface area (Å²) >= 11 is 0. The first-order valence-corrected chi connectivity index (χ1v) is 7.38. The fraction of sp³-hybridized carbons (Fsp3) is 0.471. The molecule has 1 aliphatic carbocycles. The lowest BCUT2D eigenvalue weighted by Crippen LogP contribution is -2.30. The van der Waals surface area contributed by atoms with Crippen LogP contribution >= 0.6 is 0 Å². The Labute approximate surface area is 124 Å². The third kappa shape index (κ3) is 4.57. The molecule has 1 fully saturated rings. The van der Waals surface area contributed by atoms with Crippen molar-refractivity contribution in [3.05, 3.63) is 35.1 Å². The van der Waals surface area contributed by atoms with Gasteiger partial charge in [0.2, 0.25) is 0 Å². The molecule has 1 amide bonds. The third-order valence-corrected chi connectivity index (χ3v) is 3.80. The molecule has 0 radical (unpaired) electrons. The molecule has 21 heavy (non-hydrogen) atoms. The van der Waals surface area contributed by atoms with Crippen molar-refractivity contribution >= 4 is 5.91 Å². The number of halogens is 1. The minimum absolute atomic E-state index is 0.228. The molecule has 4 heteroatoms. The molecule has 0 bridgehead atoms. The number of carbonyl (C=O) groups is 1. The number of nitrogens with one attached hydrogen (secondary N) is 1. The Morgan fingerprint density at radius 2 is 2.10 bits per heavy atom. The van der Waals surface area contributed by atoms with Gasteiger partial charge in [0.1, 0.15) is 12.4 Å². The Bertz CT molecular complexity index is 554. The van der Waals surface area contributed by atoms with E-state index in [0.29, 0.717) is 18.0 Å². The molecule has 1 saturated carbocycles. The zero-order chi connectivity index (χ0) is 15.1. The van der Waals surface area contributed by atoms with Crippen LogP contribution in [0.1, 0.15) is 48.0 Å². The lowest BCUT2D eigenvalue weighted by molar-refractivity contribution is 0.0943. The number of hydrogen-bond acceptors (Lipinski definition) is 2.